The Morgan fingerprint density at radius 3 is 2.70 bits per heavy atom. The minimum atomic E-state index is -0.188. The lowest BCUT2D eigenvalue weighted by Crippen LogP contribution is -2.07. The maximum Gasteiger partial charge on any atom is 0.250 e. The zero-order valence-electron chi connectivity index (χ0n) is 15.3. The minimum absolute atomic E-state index is 0.188. The third-order valence-corrected chi connectivity index (χ3v) is 5.23. The molecule has 3 aromatic rings. The van der Waals surface area contributed by atoms with Crippen LogP contribution in [-0.4, -0.2) is 10.9 Å². The number of nitrogens with one attached hydrogen (secondary N) is 1. The van der Waals surface area contributed by atoms with Crippen LogP contribution in [0.15, 0.2) is 60.8 Å². The molecule has 27 heavy (non-hydrogen) atoms. The molecule has 0 saturated heterocycles. The SMILES string of the molecule is CC(C)c1ccc(/C=C/C(=O)Nc2ncc(Cc3cccc(Cl)c3)s2)cc1. The zero-order chi connectivity index (χ0) is 19.2. The van der Waals surface area contributed by atoms with Crippen LogP contribution in [0.4, 0.5) is 5.13 Å². The number of carbonyl (C=O) groups excluding carboxylic acids is 1. The number of rotatable bonds is 6. The molecule has 5 heteroatoms. The van der Waals surface area contributed by atoms with Gasteiger partial charge in [-0.3, -0.25) is 10.1 Å². The number of aromatic nitrogens is 1. The van der Waals surface area contributed by atoms with Gasteiger partial charge in [0.05, 0.1) is 0 Å². The van der Waals surface area contributed by atoms with Gasteiger partial charge in [0.25, 0.3) is 0 Å². The molecule has 1 amide bonds. The van der Waals surface area contributed by atoms with Crippen LogP contribution in [0.5, 0.6) is 0 Å². The lowest BCUT2D eigenvalue weighted by atomic mass is 10.0. The van der Waals surface area contributed by atoms with Crippen molar-refractivity contribution >= 4 is 40.1 Å². The summed E-state index contributed by atoms with van der Waals surface area (Å²) in [6.45, 7) is 4.32. The molecule has 0 aliphatic rings. The Morgan fingerprint density at radius 1 is 1.22 bits per heavy atom. The molecule has 0 saturated carbocycles. The van der Waals surface area contributed by atoms with E-state index in [-0.39, 0.29) is 5.91 Å². The largest absolute Gasteiger partial charge is 0.298 e. The van der Waals surface area contributed by atoms with E-state index in [0.717, 1.165) is 27.4 Å². The van der Waals surface area contributed by atoms with E-state index in [1.165, 1.54) is 23.0 Å². The van der Waals surface area contributed by atoms with Gasteiger partial charge in [0.15, 0.2) is 5.13 Å². The van der Waals surface area contributed by atoms with Gasteiger partial charge in [-0.25, -0.2) is 4.98 Å². The predicted octanol–water partition coefficient (Wildman–Crippen LogP) is 6.16. The van der Waals surface area contributed by atoms with Gasteiger partial charge in [-0.1, -0.05) is 61.8 Å². The molecule has 0 radical (unpaired) electrons. The average Bonchev–Trinajstić information content (AvgIpc) is 3.07. The number of carbonyl (C=O) groups is 1. The third-order valence-electron chi connectivity index (χ3n) is 4.08. The summed E-state index contributed by atoms with van der Waals surface area (Å²) in [7, 11) is 0. The number of thiazole rings is 1. The van der Waals surface area contributed by atoms with Crippen molar-refractivity contribution in [3.8, 4) is 0 Å². The first kappa shape index (κ1) is 19.3. The van der Waals surface area contributed by atoms with E-state index in [4.69, 9.17) is 11.6 Å². The van der Waals surface area contributed by atoms with Gasteiger partial charge in [0.1, 0.15) is 0 Å². The molecular formula is C22H21ClN2OS. The molecule has 1 N–H and O–H groups in total. The van der Waals surface area contributed by atoms with Crippen LogP contribution in [0.3, 0.4) is 0 Å². The summed E-state index contributed by atoms with van der Waals surface area (Å²) in [6, 6.07) is 16.0. The lowest BCUT2D eigenvalue weighted by Gasteiger charge is -2.04. The van der Waals surface area contributed by atoms with Crippen LogP contribution >= 0.6 is 22.9 Å². The van der Waals surface area contributed by atoms with Gasteiger partial charge in [0, 0.05) is 28.6 Å². The summed E-state index contributed by atoms with van der Waals surface area (Å²) < 4.78 is 0. The van der Waals surface area contributed by atoms with Crippen LogP contribution in [0.25, 0.3) is 6.08 Å². The van der Waals surface area contributed by atoms with Gasteiger partial charge >= 0.3 is 0 Å². The van der Waals surface area contributed by atoms with Crippen LogP contribution in [-0.2, 0) is 11.2 Å². The molecule has 3 nitrogen and oxygen atoms in total. The fraction of sp³-hybridized carbons (Fsp3) is 0.182. The first-order valence-corrected chi connectivity index (χ1v) is 9.97. The second-order valence-electron chi connectivity index (χ2n) is 6.58. The summed E-state index contributed by atoms with van der Waals surface area (Å²) in [5.41, 5.74) is 3.40. The van der Waals surface area contributed by atoms with E-state index in [1.54, 1.807) is 12.3 Å². The van der Waals surface area contributed by atoms with Crippen molar-refractivity contribution in [1.82, 2.24) is 4.98 Å². The zero-order valence-corrected chi connectivity index (χ0v) is 16.8. The Hall–Kier alpha value is -2.43. The molecule has 1 heterocycles. The number of halogens is 1. The van der Waals surface area contributed by atoms with Crippen LogP contribution in [0, 0.1) is 0 Å². The first-order chi connectivity index (χ1) is 13.0. The molecule has 3 rings (SSSR count). The van der Waals surface area contributed by atoms with Crippen molar-refractivity contribution in [2.75, 3.05) is 5.32 Å². The van der Waals surface area contributed by atoms with Crippen molar-refractivity contribution < 1.29 is 4.79 Å². The Balaban J connectivity index is 1.57. The number of anilines is 1. The number of hydrogen-bond donors (Lipinski definition) is 1. The van der Waals surface area contributed by atoms with E-state index in [0.29, 0.717) is 11.0 Å². The summed E-state index contributed by atoms with van der Waals surface area (Å²) in [4.78, 5) is 17.5. The van der Waals surface area contributed by atoms with Gasteiger partial charge in [-0.15, -0.1) is 11.3 Å². The van der Waals surface area contributed by atoms with Crippen molar-refractivity contribution in [1.29, 1.82) is 0 Å². The predicted molar refractivity (Wildman–Crippen MR) is 115 cm³/mol. The maximum absolute atomic E-state index is 12.1. The Kier molecular flexibility index (Phi) is 6.43. The highest BCUT2D eigenvalue weighted by Crippen LogP contribution is 2.22. The molecular weight excluding hydrogens is 376 g/mol. The fourth-order valence-electron chi connectivity index (χ4n) is 2.61. The second-order valence-corrected chi connectivity index (χ2v) is 8.13. The average molecular weight is 397 g/mol. The van der Waals surface area contributed by atoms with Crippen molar-refractivity contribution in [2.24, 2.45) is 0 Å². The number of amides is 1. The molecule has 0 spiro atoms. The molecule has 0 bridgehead atoms. The molecule has 0 atom stereocenters. The van der Waals surface area contributed by atoms with E-state index in [1.807, 2.05) is 36.4 Å². The smallest absolute Gasteiger partial charge is 0.250 e. The molecule has 0 aliphatic heterocycles. The van der Waals surface area contributed by atoms with Crippen LogP contribution in [0.1, 0.15) is 41.3 Å². The van der Waals surface area contributed by atoms with Crippen molar-refractivity contribution in [2.45, 2.75) is 26.2 Å². The van der Waals surface area contributed by atoms with E-state index < -0.39 is 0 Å². The summed E-state index contributed by atoms with van der Waals surface area (Å²) >= 11 is 7.49. The highest BCUT2D eigenvalue weighted by molar-refractivity contribution is 7.15. The second kappa shape index (κ2) is 8.98. The summed E-state index contributed by atoms with van der Waals surface area (Å²) in [6.07, 6.45) is 5.87. The molecule has 0 fully saturated rings. The summed E-state index contributed by atoms with van der Waals surface area (Å²) in [5.74, 6) is 0.309. The number of benzene rings is 2. The fourth-order valence-corrected chi connectivity index (χ4v) is 3.67. The monoisotopic (exact) mass is 396 g/mol. The van der Waals surface area contributed by atoms with Gasteiger partial charge in [0.2, 0.25) is 5.91 Å². The molecule has 138 valence electrons. The van der Waals surface area contributed by atoms with Gasteiger partial charge in [-0.05, 0) is 40.8 Å². The van der Waals surface area contributed by atoms with Crippen molar-refractivity contribution in [3.63, 3.8) is 0 Å². The van der Waals surface area contributed by atoms with Crippen molar-refractivity contribution in [3.05, 3.63) is 87.4 Å². The summed E-state index contributed by atoms with van der Waals surface area (Å²) in [5, 5.41) is 4.13. The quantitative estimate of drug-likeness (QED) is 0.507. The first-order valence-electron chi connectivity index (χ1n) is 8.78. The third kappa shape index (κ3) is 5.78. The minimum Gasteiger partial charge on any atom is -0.298 e. The highest BCUT2D eigenvalue weighted by Gasteiger charge is 2.06. The molecule has 1 aromatic heterocycles. The number of hydrogen-bond acceptors (Lipinski definition) is 3. The molecule has 0 unspecified atom stereocenters. The van der Waals surface area contributed by atoms with E-state index >= 15 is 0 Å². The standard InChI is InChI=1S/C22H21ClN2OS/c1-15(2)18-9-6-16(7-10-18)8-11-21(26)25-22-24-14-20(27-22)13-17-4-3-5-19(23)12-17/h3-12,14-15H,13H2,1-2H3,(H,24,25,26)/b11-8+. The maximum atomic E-state index is 12.1. The molecule has 2 aromatic carbocycles. The Labute approximate surface area is 168 Å². The van der Waals surface area contributed by atoms with Gasteiger partial charge in [-0.2, -0.15) is 0 Å². The Bertz CT molecular complexity index is 945. The van der Waals surface area contributed by atoms with Crippen LogP contribution < -0.4 is 5.32 Å². The van der Waals surface area contributed by atoms with Gasteiger partial charge < -0.3 is 0 Å². The van der Waals surface area contributed by atoms with E-state index in [2.05, 4.69) is 36.3 Å². The number of nitrogens with zero attached hydrogens (tertiary/aromatic N) is 1. The van der Waals surface area contributed by atoms with Crippen LogP contribution in [0.2, 0.25) is 5.02 Å². The Morgan fingerprint density at radius 2 is 2.00 bits per heavy atom. The van der Waals surface area contributed by atoms with E-state index in [9.17, 15) is 4.79 Å². The lowest BCUT2D eigenvalue weighted by molar-refractivity contribution is -0.111. The topological polar surface area (TPSA) is 42.0 Å². The molecule has 0 aliphatic carbocycles. The normalized spacial score (nSPS) is 11.3. The highest BCUT2D eigenvalue weighted by atomic mass is 35.5.